The number of halogens is 1. The summed E-state index contributed by atoms with van der Waals surface area (Å²) in [5.41, 5.74) is 2.20. The number of furan rings is 1. The molecule has 7 nitrogen and oxygen atoms in total. The Morgan fingerprint density at radius 3 is 2.89 bits per heavy atom. The Morgan fingerprint density at radius 2 is 2.15 bits per heavy atom. The van der Waals surface area contributed by atoms with Crippen molar-refractivity contribution in [1.82, 2.24) is 9.78 Å². The molecule has 0 bridgehead atoms. The number of carboxylic acids is 1. The van der Waals surface area contributed by atoms with Crippen molar-refractivity contribution >= 4 is 29.3 Å². The molecular formula is C19H16ClN3O4. The maximum Gasteiger partial charge on any atom is 0.325 e. The number of fused-ring (bicyclic) bond motifs is 1. The summed E-state index contributed by atoms with van der Waals surface area (Å²) in [5.74, 6) is 0.0440. The lowest BCUT2D eigenvalue weighted by Gasteiger charge is -2.22. The van der Waals surface area contributed by atoms with Crippen LogP contribution in [0.5, 0.6) is 0 Å². The maximum absolute atomic E-state index is 12.2. The van der Waals surface area contributed by atoms with E-state index in [-0.39, 0.29) is 24.8 Å². The number of aryl methyl sites for hydroxylation is 1. The lowest BCUT2D eigenvalue weighted by Crippen LogP contribution is -2.25. The van der Waals surface area contributed by atoms with E-state index >= 15 is 0 Å². The third-order valence-electron chi connectivity index (χ3n) is 4.56. The molecule has 27 heavy (non-hydrogen) atoms. The minimum absolute atomic E-state index is 0.197. The van der Waals surface area contributed by atoms with Crippen LogP contribution in [0.25, 0.3) is 11.3 Å². The summed E-state index contributed by atoms with van der Waals surface area (Å²) >= 11 is 6.24. The van der Waals surface area contributed by atoms with Crippen molar-refractivity contribution in [3.05, 3.63) is 58.4 Å². The molecule has 1 aliphatic rings. The van der Waals surface area contributed by atoms with Crippen LogP contribution in [0.2, 0.25) is 5.02 Å². The predicted molar refractivity (Wildman–Crippen MR) is 98.8 cm³/mol. The molecule has 1 amide bonds. The maximum atomic E-state index is 12.2. The average molecular weight is 386 g/mol. The van der Waals surface area contributed by atoms with Crippen molar-refractivity contribution in [3.63, 3.8) is 0 Å². The van der Waals surface area contributed by atoms with Crippen molar-refractivity contribution in [2.45, 2.75) is 25.8 Å². The van der Waals surface area contributed by atoms with Gasteiger partial charge in [0.05, 0.1) is 16.6 Å². The molecule has 3 heterocycles. The van der Waals surface area contributed by atoms with Crippen LogP contribution in [0.1, 0.15) is 29.4 Å². The summed E-state index contributed by atoms with van der Waals surface area (Å²) in [6.07, 6.45) is 0.197. The molecule has 0 saturated carbocycles. The highest BCUT2D eigenvalue weighted by molar-refractivity contribution is 6.33. The fourth-order valence-electron chi connectivity index (χ4n) is 3.45. The van der Waals surface area contributed by atoms with Crippen molar-refractivity contribution in [3.8, 4) is 11.3 Å². The third-order valence-corrected chi connectivity index (χ3v) is 4.89. The van der Waals surface area contributed by atoms with Crippen LogP contribution in [0, 0.1) is 6.92 Å². The van der Waals surface area contributed by atoms with Gasteiger partial charge in [0.2, 0.25) is 5.91 Å². The number of carboxylic acid groups (broad SMARTS) is 1. The molecule has 1 atom stereocenters. The first-order valence-electron chi connectivity index (χ1n) is 8.37. The summed E-state index contributed by atoms with van der Waals surface area (Å²) in [6.45, 7) is 1.46. The first-order valence-corrected chi connectivity index (χ1v) is 8.75. The first-order chi connectivity index (χ1) is 12.9. The lowest BCUT2D eigenvalue weighted by molar-refractivity contribution is -0.137. The Kier molecular flexibility index (Phi) is 4.24. The fourth-order valence-corrected chi connectivity index (χ4v) is 3.68. The number of benzene rings is 1. The van der Waals surface area contributed by atoms with E-state index in [9.17, 15) is 9.59 Å². The van der Waals surface area contributed by atoms with E-state index in [0.717, 1.165) is 11.1 Å². The predicted octanol–water partition coefficient (Wildman–Crippen LogP) is 3.66. The van der Waals surface area contributed by atoms with Crippen LogP contribution in [0.3, 0.4) is 0 Å². The molecule has 0 fully saturated rings. The number of amides is 1. The Balaban J connectivity index is 1.76. The van der Waals surface area contributed by atoms with Gasteiger partial charge in [-0.2, -0.15) is 5.10 Å². The van der Waals surface area contributed by atoms with Gasteiger partial charge >= 0.3 is 5.97 Å². The van der Waals surface area contributed by atoms with Crippen molar-refractivity contribution in [2.75, 3.05) is 5.32 Å². The molecule has 2 N–H and O–H groups in total. The van der Waals surface area contributed by atoms with E-state index in [1.165, 1.54) is 4.68 Å². The van der Waals surface area contributed by atoms with E-state index in [0.29, 0.717) is 28.1 Å². The summed E-state index contributed by atoms with van der Waals surface area (Å²) in [5, 5.41) is 16.7. The Bertz CT molecular complexity index is 1050. The molecule has 0 aliphatic carbocycles. The zero-order valence-electron chi connectivity index (χ0n) is 14.4. The Labute approximate surface area is 159 Å². The smallest absolute Gasteiger partial charge is 0.325 e. The molecule has 0 spiro atoms. The number of rotatable bonds is 4. The zero-order valence-corrected chi connectivity index (χ0v) is 15.2. The van der Waals surface area contributed by atoms with Gasteiger partial charge < -0.3 is 14.8 Å². The van der Waals surface area contributed by atoms with Gasteiger partial charge in [-0.25, -0.2) is 4.68 Å². The molecule has 1 aliphatic heterocycles. The number of hydrogen-bond donors (Lipinski definition) is 2. The summed E-state index contributed by atoms with van der Waals surface area (Å²) in [6, 6.07) is 11.0. The van der Waals surface area contributed by atoms with Gasteiger partial charge in [0.25, 0.3) is 0 Å². The number of anilines is 1. The number of aromatic nitrogens is 2. The number of aliphatic carboxylic acids is 1. The molecule has 0 radical (unpaired) electrons. The van der Waals surface area contributed by atoms with Crippen LogP contribution in [0.4, 0.5) is 5.82 Å². The van der Waals surface area contributed by atoms with Crippen LogP contribution < -0.4 is 5.32 Å². The second-order valence-electron chi connectivity index (χ2n) is 6.39. The monoisotopic (exact) mass is 385 g/mol. The van der Waals surface area contributed by atoms with Crippen molar-refractivity contribution in [2.24, 2.45) is 0 Å². The van der Waals surface area contributed by atoms with E-state index < -0.39 is 5.97 Å². The molecule has 0 saturated heterocycles. The van der Waals surface area contributed by atoms with Crippen molar-refractivity contribution in [1.29, 1.82) is 0 Å². The highest BCUT2D eigenvalue weighted by Crippen LogP contribution is 2.41. The summed E-state index contributed by atoms with van der Waals surface area (Å²) < 4.78 is 7.32. The van der Waals surface area contributed by atoms with Gasteiger partial charge in [-0.3, -0.25) is 9.59 Å². The number of carbonyl (C=O) groups excluding carboxylic acids is 1. The molecule has 3 aromatic rings. The van der Waals surface area contributed by atoms with Gasteiger partial charge in [0.15, 0.2) is 0 Å². The normalized spacial score (nSPS) is 16.1. The SMILES string of the molecule is Cc1nn(CC(=O)O)c2c1C(c1ccc(-c3ccccc3Cl)o1)CC(=O)N2. The fraction of sp³-hybridized carbons (Fsp3) is 0.211. The summed E-state index contributed by atoms with van der Waals surface area (Å²) in [4.78, 5) is 23.3. The lowest BCUT2D eigenvalue weighted by atomic mass is 9.90. The Hall–Kier alpha value is -3.06. The first kappa shape index (κ1) is 17.4. The second kappa shape index (κ2) is 6.59. The van der Waals surface area contributed by atoms with Gasteiger partial charge in [0.1, 0.15) is 23.9 Å². The number of hydrogen-bond acceptors (Lipinski definition) is 4. The van der Waals surface area contributed by atoms with Gasteiger partial charge in [-0.05, 0) is 31.2 Å². The molecule has 4 rings (SSSR count). The molecule has 2 aromatic heterocycles. The summed E-state index contributed by atoms with van der Waals surface area (Å²) in [7, 11) is 0. The van der Waals surface area contributed by atoms with Crippen LogP contribution >= 0.6 is 11.6 Å². The zero-order chi connectivity index (χ0) is 19.1. The molecule has 8 heteroatoms. The minimum Gasteiger partial charge on any atom is -0.480 e. The average Bonchev–Trinajstić information content (AvgIpc) is 3.20. The van der Waals surface area contributed by atoms with Gasteiger partial charge in [-0.15, -0.1) is 0 Å². The van der Waals surface area contributed by atoms with Gasteiger partial charge in [0, 0.05) is 17.5 Å². The Morgan fingerprint density at radius 1 is 1.37 bits per heavy atom. The molecule has 1 unspecified atom stereocenters. The van der Waals surface area contributed by atoms with E-state index in [1.807, 2.05) is 30.3 Å². The van der Waals surface area contributed by atoms with E-state index in [1.54, 1.807) is 13.0 Å². The number of carbonyl (C=O) groups is 2. The topological polar surface area (TPSA) is 97.4 Å². The van der Waals surface area contributed by atoms with E-state index in [4.69, 9.17) is 21.1 Å². The van der Waals surface area contributed by atoms with Gasteiger partial charge in [-0.1, -0.05) is 23.7 Å². The standard InChI is InChI=1S/C19H16ClN3O4/c1-10-18-12(8-16(24)21-19(18)23(22-10)9-17(25)26)15-7-6-14(27-15)11-4-2-3-5-13(11)20/h2-7,12H,8-9H2,1H3,(H,21,24)(H,25,26). The molecule has 138 valence electrons. The largest absolute Gasteiger partial charge is 0.480 e. The second-order valence-corrected chi connectivity index (χ2v) is 6.79. The van der Waals surface area contributed by atoms with Crippen molar-refractivity contribution < 1.29 is 19.1 Å². The number of nitrogens with one attached hydrogen (secondary N) is 1. The third kappa shape index (κ3) is 3.10. The van der Waals surface area contributed by atoms with E-state index in [2.05, 4.69) is 10.4 Å². The highest BCUT2D eigenvalue weighted by atomic mass is 35.5. The molecule has 1 aromatic carbocycles. The number of nitrogens with zero attached hydrogens (tertiary/aromatic N) is 2. The minimum atomic E-state index is -1.03. The molecular weight excluding hydrogens is 370 g/mol. The quantitative estimate of drug-likeness (QED) is 0.714. The van der Waals surface area contributed by atoms with Crippen LogP contribution in [-0.4, -0.2) is 26.8 Å². The highest BCUT2D eigenvalue weighted by Gasteiger charge is 2.34. The van der Waals surface area contributed by atoms with Crippen LogP contribution in [-0.2, 0) is 16.1 Å². The van der Waals surface area contributed by atoms with Crippen LogP contribution in [0.15, 0.2) is 40.8 Å².